The summed E-state index contributed by atoms with van der Waals surface area (Å²) in [5, 5.41) is 0. The maximum absolute atomic E-state index is 8.60. The van der Waals surface area contributed by atoms with Crippen LogP contribution in [0, 0.1) is 10.2 Å². The van der Waals surface area contributed by atoms with Gasteiger partial charge in [-0.1, -0.05) is 0 Å². The van der Waals surface area contributed by atoms with E-state index in [9.17, 15) is 0 Å². The normalized spacial score (nSPS) is 14.2. The summed E-state index contributed by atoms with van der Waals surface area (Å²) in [6.45, 7) is 0. The van der Waals surface area contributed by atoms with Crippen molar-refractivity contribution in [1.82, 2.24) is 5.48 Å². The molecule has 1 aliphatic heterocycles. The molecule has 0 fully saturated rings. The number of hydrogen-bond acceptors (Lipinski definition) is 6. The van der Waals surface area contributed by atoms with Crippen LogP contribution in [0.2, 0.25) is 0 Å². The van der Waals surface area contributed by atoms with Gasteiger partial charge in [-0.25, -0.2) is 5.48 Å². The molecule has 0 amide bonds. The van der Waals surface area contributed by atoms with Crippen LogP contribution in [0.5, 0.6) is 0 Å². The molecule has 0 atom stereocenters. The Kier molecular flexibility index (Phi) is 4.59. The molecule has 0 aromatic heterocycles. The van der Waals surface area contributed by atoms with E-state index in [0.717, 1.165) is 0 Å². The zero-order chi connectivity index (χ0) is 8.74. The molecule has 0 aromatic carbocycles. The molecule has 11 heavy (non-hydrogen) atoms. The van der Waals surface area contributed by atoms with E-state index in [4.69, 9.17) is 18.6 Å². The van der Waals surface area contributed by atoms with E-state index in [1.807, 2.05) is 6.08 Å². The summed E-state index contributed by atoms with van der Waals surface area (Å²) in [4.78, 5) is 4.55. The SMILES string of the molecule is C1=CNOC=C1.[O-][Cl+3]([O-])([O-])O. The van der Waals surface area contributed by atoms with Gasteiger partial charge in [-0.05, 0) is 12.2 Å². The van der Waals surface area contributed by atoms with Crippen LogP contribution in [-0.2, 0) is 4.84 Å². The average molecular weight is 184 g/mol. The first-order valence-electron chi connectivity index (χ1n) is 2.36. The monoisotopic (exact) mass is 183 g/mol. The molecule has 2 N–H and O–H groups in total. The minimum absolute atomic E-state index is 1.57. The summed E-state index contributed by atoms with van der Waals surface area (Å²) in [7, 11) is -4.69. The van der Waals surface area contributed by atoms with Crippen LogP contribution in [0.3, 0.4) is 0 Å². The van der Waals surface area contributed by atoms with Gasteiger partial charge in [0.05, 0.1) is 14.9 Å². The molecule has 0 saturated carbocycles. The molecular formula is C4H6ClNO5. The smallest absolute Gasteiger partial charge is 0.119 e. The Morgan fingerprint density at radius 2 is 1.82 bits per heavy atom. The highest BCUT2D eigenvalue weighted by Crippen LogP contribution is 1.80. The van der Waals surface area contributed by atoms with Crippen LogP contribution in [0.25, 0.3) is 0 Å². The molecule has 0 aliphatic carbocycles. The fourth-order valence-electron chi connectivity index (χ4n) is 0.258. The van der Waals surface area contributed by atoms with Gasteiger partial charge in [0.1, 0.15) is 6.26 Å². The van der Waals surface area contributed by atoms with Gasteiger partial charge in [-0.15, -0.1) is 0 Å². The van der Waals surface area contributed by atoms with E-state index >= 15 is 0 Å². The highest BCUT2D eigenvalue weighted by atomic mass is 35.7. The summed E-state index contributed by atoms with van der Waals surface area (Å²) in [6.07, 6.45) is 6.93. The molecule has 1 heterocycles. The average Bonchev–Trinajstić information content (AvgIpc) is 1.88. The van der Waals surface area contributed by atoms with Crippen LogP contribution in [0.1, 0.15) is 0 Å². The summed E-state index contributed by atoms with van der Waals surface area (Å²) >= 11 is 0. The molecule has 0 spiro atoms. The minimum Gasteiger partial charge on any atom is -0.391 e. The molecule has 0 unspecified atom stereocenters. The zero-order valence-corrected chi connectivity index (χ0v) is 6.02. The lowest BCUT2D eigenvalue weighted by Gasteiger charge is -2.03. The van der Waals surface area contributed by atoms with Gasteiger partial charge in [0.25, 0.3) is 0 Å². The first kappa shape index (κ1) is 10.2. The molecule has 0 aromatic rings. The lowest BCUT2D eigenvalue weighted by molar-refractivity contribution is -1.92. The lowest BCUT2D eigenvalue weighted by Crippen LogP contribution is -2.58. The molecule has 0 bridgehead atoms. The van der Waals surface area contributed by atoms with Gasteiger partial charge in [-0.2, -0.15) is 14.0 Å². The maximum Gasteiger partial charge on any atom is 0.119 e. The van der Waals surface area contributed by atoms with Crippen molar-refractivity contribution in [2.75, 3.05) is 0 Å². The third kappa shape index (κ3) is 17.6. The Balaban J connectivity index is 0.000000187. The van der Waals surface area contributed by atoms with Gasteiger partial charge in [0.15, 0.2) is 0 Å². The molecular weight excluding hydrogens is 177 g/mol. The first-order chi connectivity index (χ1) is 5.00. The fourth-order valence-corrected chi connectivity index (χ4v) is 0.258. The van der Waals surface area contributed by atoms with Crippen molar-refractivity contribution in [3.63, 3.8) is 0 Å². The number of rotatable bonds is 0. The van der Waals surface area contributed by atoms with Gasteiger partial charge < -0.3 is 4.84 Å². The van der Waals surface area contributed by atoms with Gasteiger partial charge in [-0.3, -0.25) is 0 Å². The number of allylic oxidation sites excluding steroid dienone is 2. The van der Waals surface area contributed by atoms with E-state index < -0.39 is 10.2 Å². The van der Waals surface area contributed by atoms with Gasteiger partial charge in [0, 0.05) is 6.20 Å². The van der Waals surface area contributed by atoms with Crippen molar-refractivity contribution in [2.24, 2.45) is 0 Å². The molecule has 0 radical (unpaired) electrons. The second-order valence-electron chi connectivity index (χ2n) is 1.32. The van der Waals surface area contributed by atoms with E-state index in [0.29, 0.717) is 0 Å². The lowest BCUT2D eigenvalue weighted by atomic mass is 10.6. The standard InChI is InChI=1S/C4H5NO.ClHO4/c1-2-4-6-5-3-1;2-1(3,4)5/h1-5H;(H,2,3,4,5). The van der Waals surface area contributed by atoms with Crippen LogP contribution < -0.4 is 19.5 Å². The van der Waals surface area contributed by atoms with E-state index in [1.165, 1.54) is 0 Å². The molecule has 1 rings (SSSR count). The zero-order valence-electron chi connectivity index (χ0n) is 5.27. The topological polar surface area (TPSA) is 111 Å². The predicted molar refractivity (Wildman–Crippen MR) is 24.7 cm³/mol. The van der Waals surface area contributed by atoms with Crippen molar-refractivity contribution >= 4 is 0 Å². The third-order valence-corrected chi connectivity index (χ3v) is 0.490. The maximum atomic E-state index is 8.60. The van der Waals surface area contributed by atoms with Gasteiger partial charge in [0.2, 0.25) is 0 Å². The molecule has 64 valence electrons. The molecule has 0 saturated heterocycles. The highest BCUT2D eigenvalue weighted by Gasteiger charge is 1.98. The first-order valence-corrected chi connectivity index (χ1v) is 3.62. The van der Waals surface area contributed by atoms with Crippen molar-refractivity contribution in [3.8, 4) is 0 Å². The quantitative estimate of drug-likeness (QED) is 0.402. The second-order valence-corrected chi connectivity index (χ2v) is 2.11. The van der Waals surface area contributed by atoms with Crippen LogP contribution >= 0.6 is 0 Å². The van der Waals surface area contributed by atoms with E-state index in [2.05, 4.69) is 10.3 Å². The molecule has 6 nitrogen and oxygen atoms in total. The van der Waals surface area contributed by atoms with Crippen LogP contribution in [0.4, 0.5) is 0 Å². The summed E-state index contributed by atoms with van der Waals surface area (Å²) < 4.78 is 32.7. The molecule has 7 heteroatoms. The Morgan fingerprint density at radius 1 is 1.27 bits per heavy atom. The van der Waals surface area contributed by atoms with Crippen molar-refractivity contribution in [3.05, 3.63) is 24.6 Å². The van der Waals surface area contributed by atoms with Crippen LogP contribution in [0.15, 0.2) is 24.6 Å². The summed E-state index contributed by atoms with van der Waals surface area (Å²) in [5.41, 5.74) is 2.52. The fraction of sp³-hybridized carbons (Fsp3) is 0. The van der Waals surface area contributed by atoms with Crippen molar-refractivity contribution in [1.29, 1.82) is 0 Å². The number of halogens is 1. The number of nitrogens with one attached hydrogen (secondary N) is 1. The van der Waals surface area contributed by atoms with Crippen molar-refractivity contribution < 1.29 is 33.7 Å². The Hall–Kier alpha value is -0.790. The molecule has 1 aliphatic rings. The number of hydroxylamine groups is 1. The van der Waals surface area contributed by atoms with Crippen LogP contribution in [-0.4, -0.2) is 4.66 Å². The van der Waals surface area contributed by atoms with Gasteiger partial charge >= 0.3 is 0 Å². The predicted octanol–water partition coefficient (Wildman–Crippen LogP) is -3.58. The largest absolute Gasteiger partial charge is 0.391 e. The highest BCUT2D eigenvalue weighted by molar-refractivity contribution is 5.00. The van der Waals surface area contributed by atoms with E-state index in [1.54, 1.807) is 18.5 Å². The number of hydrogen-bond donors (Lipinski definition) is 2. The second kappa shape index (κ2) is 4.94. The Morgan fingerprint density at radius 3 is 1.91 bits per heavy atom. The third-order valence-electron chi connectivity index (χ3n) is 0.490. The Labute approximate surface area is 64.7 Å². The summed E-state index contributed by atoms with van der Waals surface area (Å²) in [6, 6.07) is 0. The van der Waals surface area contributed by atoms with E-state index in [-0.39, 0.29) is 0 Å². The Bertz CT molecular complexity index is 133. The summed E-state index contributed by atoms with van der Waals surface area (Å²) in [5.74, 6) is 0. The minimum atomic E-state index is -4.69. The van der Waals surface area contributed by atoms with Crippen molar-refractivity contribution in [2.45, 2.75) is 0 Å².